The van der Waals surface area contributed by atoms with E-state index in [4.69, 9.17) is 9.47 Å². The molecule has 0 spiro atoms. The van der Waals surface area contributed by atoms with Crippen molar-refractivity contribution in [1.82, 2.24) is 0 Å². The molecule has 0 heterocycles. The van der Waals surface area contributed by atoms with Gasteiger partial charge in [-0.3, -0.25) is 0 Å². The predicted molar refractivity (Wildman–Crippen MR) is 113 cm³/mol. The Morgan fingerprint density at radius 3 is 2.00 bits per heavy atom. The molecule has 0 aliphatic rings. The van der Waals surface area contributed by atoms with E-state index < -0.39 is 0 Å². The number of benzene rings is 3. The highest BCUT2D eigenvalue weighted by molar-refractivity contribution is 5.89. The molecule has 0 aliphatic heterocycles. The van der Waals surface area contributed by atoms with Crippen LogP contribution in [0.2, 0.25) is 0 Å². The first-order chi connectivity index (χ1) is 13.8. The molecule has 0 amide bonds. The van der Waals surface area contributed by atoms with Gasteiger partial charge < -0.3 is 9.47 Å². The van der Waals surface area contributed by atoms with Crippen LogP contribution in [-0.4, -0.2) is 19.2 Å². The molecule has 0 saturated heterocycles. The monoisotopic (exact) mass is 374 g/mol. The van der Waals surface area contributed by atoms with Crippen LogP contribution in [0.1, 0.15) is 36.0 Å². The number of rotatable bonds is 10. The molecule has 144 valence electrons. The van der Waals surface area contributed by atoms with Crippen LogP contribution >= 0.6 is 0 Å². The molecule has 3 nitrogen and oxygen atoms in total. The smallest absolute Gasteiger partial charge is 0.338 e. The Morgan fingerprint density at radius 2 is 1.25 bits per heavy atom. The number of esters is 1. The van der Waals surface area contributed by atoms with Crippen molar-refractivity contribution in [3.05, 3.63) is 90.5 Å². The molecule has 0 radical (unpaired) electrons. The Balaban J connectivity index is 1.32. The first kappa shape index (κ1) is 19.7. The summed E-state index contributed by atoms with van der Waals surface area (Å²) < 4.78 is 11.3. The molecule has 0 saturated carbocycles. The summed E-state index contributed by atoms with van der Waals surface area (Å²) in [5.74, 6) is 0.673. The zero-order chi connectivity index (χ0) is 19.4. The lowest BCUT2D eigenvalue weighted by atomic mass is 10.1. The number of carbonyl (C=O) groups is 1. The van der Waals surface area contributed by atoms with Gasteiger partial charge in [0.15, 0.2) is 0 Å². The maximum Gasteiger partial charge on any atom is 0.338 e. The predicted octanol–water partition coefficient (Wildman–Crippen LogP) is 6.15. The van der Waals surface area contributed by atoms with E-state index in [-0.39, 0.29) is 5.97 Å². The number of carbonyl (C=O) groups excluding carboxylic acids is 1. The summed E-state index contributed by atoms with van der Waals surface area (Å²) in [6, 6.07) is 27.5. The van der Waals surface area contributed by atoms with Gasteiger partial charge >= 0.3 is 5.97 Å². The fraction of sp³-hybridized carbons (Fsp3) is 0.240. The highest BCUT2D eigenvalue weighted by Gasteiger charge is 2.06. The van der Waals surface area contributed by atoms with Crippen LogP contribution < -0.4 is 4.74 Å². The van der Waals surface area contributed by atoms with E-state index >= 15 is 0 Å². The zero-order valence-electron chi connectivity index (χ0n) is 16.1. The minimum atomic E-state index is -0.249. The van der Waals surface area contributed by atoms with E-state index in [1.54, 1.807) is 12.1 Å². The van der Waals surface area contributed by atoms with Gasteiger partial charge in [-0.2, -0.15) is 0 Å². The SMILES string of the molecule is O=C(OCCCCCCOc1ccccc1-c1ccccc1)c1ccccc1. The summed E-state index contributed by atoms with van der Waals surface area (Å²) in [5, 5.41) is 0. The standard InChI is InChI=1S/C25H26O3/c26-25(22-15-7-4-8-16-22)28-20-12-2-1-11-19-27-24-18-10-9-17-23(24)21-13-5-3-6-14-21/h3-10,13-18H,1-2,11-12,19-20H2. The molecule has 0 bridgehead atoms. The largest absolute Gasteiger partial charge is 0.493 e. The lowest BCUT2D eigenvalue weighted by Crippen LogP contribution is -2.06. The van der Waals surface area contributed by atoms with E-state index in [1.165, 1.54) is 5.56 Å². The van der Waals surface area contributed by atoms with Crippen molar-refractivity contribution >= 4 is 5.97 Å². The van der Waals surface area contributed by atoms with E-state index in [1.807, 2.05) is 54.6 Å². The lowest BCUT2D eigenvalue weighted by molar-refractivity contribution is 0.0497. The van der Waals surface area contributed by atoms with Crippen LogP contribution in [-0.2, 0) is 4.74 Å². The van der Waals surface area contributed by atoms with Gasteiger partial charge in [0.2, 0.25) is 0 Å². The molecule has 0 aromatic heterocycles. The van der Waals surface area contributed by atoms with Crippen LogP contribution in [0.3, 0.4) is 0 Å². The molecule has 0 aliphatic carbocycles. The van der Waals surface area contributed by atoms with Crippen molar-refractivity contribution in [3.8, 4) is 16.9 Å². The zero-order valence-corrected chi connectivity index (χ0v) is 16.1. The number of ether oxygens (including phenoxy) is 2. The molecule has 0 fully saturated rings. The molecule has 0 N–H and O–H groups in total. The maximum atomic E-state index is 11.8. The summed E-state index contributed by atoms with van der Waals surface area (Å²) >= 11 is 0. The summed E-state index contributed by atoms with van der Waals surface area (Å²) in [6.07, 6.45) is 3.93. The molecule has 3 rings (SSSR count). The number of para-hydroxylation sites is 1. The first-order valence-electron chi connectivity index (χ1n) is 9.84. The van der Waals surface area contributed by atoms with Gasteiger partial charge in [-0.25, -0.2) is 4.79 Å². The maximum absolute atomic E-state index is 11.8. The van der Waals surface area contributed by atoms with Crippen molar-refractivity contribution in [1.29, 1.82) is 0 Å². The second-order valence-corrected chi connectivity index (χ2v) is 6.63. The molecule has 3 heteroatoms. The van der Waals surface area contributed by atoms with Gasteiger partial charge in [0.25, 0.3) is 0 Å². The number of hydrogen-bond donors (Lipinski definition) is 0. The molecular weight excluding hydrogens is 348 g/mol. The van der Waals surface area contributed by atoms with Crippen molar-refractivity contribution in [2.45, 2.75) is 25.7 Å². The number of unbranched alkanes of at least 4 members (excludes halogenated alkanes) is 3. The number of hydrogen-bond acceptors (Lipinski definition) is 3. The third kappa shape index (κ3) is 5.98. The average Bonchev–Trinajstić information content (AvgIpc) is 2.77. The summed E-state index contributed by atoms with van der Waals surface area (Å²) in [5.41, 5.74) is 2.89. The highest BCUT2D eigenvalue weighted by Crippen LogP contribution is 2.29. The third-order valence-electron chi connectivity index (χ3n) is 4.51. The van der Waals surface area contributed by atoms with Crippen LogP contribution in [0.25, 0.3) is 11.1 Å². The van der Waals surface area contributed by atoms with Crippen LogP contribution in [0, 0.1) is 0 Å². The van der Waals surface area contributed by atoms with Crippen LogP contribution in [0.5, 0.6) is 5.75 Å². The average molecular weight is 374 g/mol. The van der Waals surface area contributed by atoms with Crippen molar-refractivity contribution in [2.75, 3.05) is 13.2 Å². The molecule has 3 aromatic rings. The van der Waals surface area contributed by atoms with Gasteiger partial charge in [-0.1, -0.05) is 66.7 Å². The van der Waals surface area contributed by atoms with Gasteiger partial charge in [-0.05, 0) is 49.4 Å². The molecule has 3 aromatic carbocycles. The van der Waals surface area contributed by atoms with E-state index in [0.717, 1.165) is 37.0 Å². The second-order valence-electron chi connectivity index (χ2n) is 6.63. The Labute approximate surface area is 166 Å². The van der Waals surface area contributed by atoms with Crippen LogP contribution in [0.15, 0.2) is 84.9 Å². The summed E-state index contributed by atoms with van der Waals surface area (Å²) in [6.45, 7) is 1.15. The fourth-order valence-electron chi connectivity index (χ4n) is 3.01. The normalized spacial score (nSPS) is 10.4. The van der Waals surface area contributed by atoms with Gasteiger partial charge in [0.05, 0.1) is 18.8 Å². The topological polar surface area (TPSA) is 35.5 Å². The highest BCUT2D eigenvalue weighted by atomic mass is 16.5. The minimum absolute atomic E-state index is 0.249. The Bertz CT molecular complexity index is 844. The summed E-state index contributed by atoms with van der Waals surface area (Å²) in [7, 11) is 0. The van der Waals surface area contributed by atoms with E-state index in [0.29, 0.717) is 18.8 Å². The Kier molecular flexibility index (Phi) is 7.68. The lowest BCUT2D eigenvalue weighted by Gasteiger charge is -2.11. The van der Waals surface area contributed by atoms with Crippen LogP contribution in [0.4, 0.5) is 0 Å². The van der Waals surface area contributed by atoms with Gasteiger partial charge in [0, 0.05) is 5.56 Å². The van der Waals surface area contributed by atoms with Gasteiger partial charge in [0.1, 0.15) is 5.75 Å². The molecule has 28 heavy (non-hydrogen) atoms. The Morgan fingerprint density at radius 1 is 0.643 bits per heavy atom. The van der Waals surface area contributed by atoms with Crippen molar-refractivity contribution in [2.24, 2.45) is 0 Å². The molecule has 0 unspecified atom stereocenters. The van der Waals surface area contributed by atoms with E-state index in [2.05, 4.69) is 18.2 Å². The van der Waals surface area contributed by atoms with E-state index in [9.17, 15) is 4.79 Å². The Hall–Kier alpha value is -3.07. The third-order valence-corrected chi connectivity index (χ3v) is 4.51. The molecule has 0 atom stereocenters. The molecular formula is C25H26O3. The quantitative estimate of drug-likeness (QED) is 0.315. The summed E-state index contributed by atoms with van der Waals surface area (Å²) in [4.78, 5) is 11.8. The van der Waals surface area contributed by atoms with Gasteiger partial charge in [-0.15, -0.1) is 0 Å². The minimum Gasteiger partial charge on any atom is -0.493 e. The second kappa shape index (κ2) is 10.9. The van der Waals surface area contributed by atoms with Crippen molar-refractivity contribution < 1.29 is 14.3 Å². The fourth-order valence-corrected chi connectivity index (χ4v) is 3.01. The van der Waals surface area contributed by atoms with Crippen molar-refractivity contribution in [3.63, 3.8) is 0 Å². The first-order valence-corrected chi connectivity index (χ1v) is 9.84.